The van der Waals surface area contributed by atoms with Crippen LogP contribution in [0.4, 0.5) is 0 Å². The molecule has 0 bridgehead atoms. The van der Waals surface area contributed by atoms with Crippen LogP contribution in [0, 0.1) is 0 Å². The summed E-state index contributed by atoms with van der Waals surface area (Å²) in [6.07, 6.45) is 2.86. The molecule has 1 atom stereocenters. The minimum Gasteiger partial charge on any atom is -0.497 e. The number of fused-ring (bicyclic) bond motifs is 2. The first-order valence-electron chi connectivity index (χ1n) is 9.34. The number of esters is 1. The first-order valence-corrected chi connectivity index (χ1v) is 9.71. The molecule has 150 valence electrons. The molecule has 2 aromatic carbocycles. The Balaban J connectivity index is 1.43. The van der Waals surface area contributed by atoms with Crippen molar-refractivity contribution in [1.82, 2.24) is 10.3 Å². The number of nitrogens with one attached hydrogen (secondary N) is 2. The van der Waals surface area contributed by atoms with E-state index in [9.17, 15) is 9.59 Å². The van der Waals surface area contributed by atoms with Gasteiger partial charge in [0, 0.05) is 41.2 Å². The van der Waals surface area contributed by atoms with Gasteiger partial charge in [-0.2, -0.15) is 0 Å². The highest BCUT2D eigenvalue weighted by Crippen LogP contribution is 2.30. The number of H-pyrrole nitrogens is 1. The fraction of sp³-hybridized carbons (Fsp3) is 0.273. The van der Waals surface area contributed by atoms with Crippen LogP contribution in [-0.4, -0.2) is 36.1 Å². The molecule has 6 nitrogen and oxygen atoms in total. The van der Waals surface area contributed by atoms with Crippen molar-refractivity contribution < 1.29 is 19.1 Å². The van der Waals surface area contributed by atoms with Crippen LogP contribution in [-0.2, 0) is 22.4 Å². The highest BCUT2D eigenvalue weighted by atomic mass is 35.5. The number of ether oxygens (including phenoxy) is 2. The number of rotatable bonds is 5. The van der Waals surface area contributed by atoms with E-state index in [0.717, 1.165) is 27.8 Å². The van der Waals surface area contributed by atoms with Crippen LogP contribution >= 0.6 is 11.6 Å². The highest BCUT2D eigenvalue weighted by molar-refractivity contribution is 6.30. The molecule has 0 saturated heterocycles. The van der Waals surface area contributed by atoms with Crippen LogP contribution in [0.5, 0.6) is 5.75 Å². The number of methoxy groups -OCH3 is 1. The van der Waals surface area contributed by atoms with Crippen molar-refractivity contribution in [3.63, 3.8) is 0 Å². The third-order valence-electron chi connectivity index (χ3n) is 5.27. The number of benzene rings is 2. The molecule has 0 aliphatic carbocycles. The Morgan fingerprint density at radius 2 is 2.14 bits per heavy atom. The Morgan fingerprint density at radius 1 is 1.31 bits per heavy atom. The maximum Gasteiger partial charge on any atom is 0.339 e. The Hall–Kier alpha value is -2.99. The molecular formula is C22H21ClN2O4. The molecule has 7 heteroatoms. The average Bonchev–Trinajstić information content (AvgIpc) is 3.09. The molecule has 0 radical (unpaired) electrons. The van der Waals surface area contributed by atoms with Gasteiger partial charge in [0.2, 0.25) is 0 Å². The van der Waals surface area contributed by atoms with Gasteiger partial charge in [-0.25, -0.2) is 4.79 Å². The van der Waals surface area contributed by atoms with Crippen LogP contribution in [0.1, 0.15) is 28.4 Å². The zero-order chi connectivity index (χ0) is 20.6. The Kier molecular flexibility index (Phi) is 4.96. The van der Waals surface area contributed by atoms with Gasteiger partial charge in [0.05, 0.1) is 12.7 Å². The van der Waals surface area contributed by atoms with Crippen LogP contribution in [0.3, 0.4) is 0 Å². The van der Waals surface area contributed by atoms with Gasteiger partial charge in [0.15, 0.2) is 5.60 Å². The van der Waals surface area contributed by atoms with Gasteiger partial charge in [-0.15, -0.1) is 0 Å². The van der Waals surface area contributed by atoms with E-state index in [0.29, 0.717) is 23.6 Å². The summed E-state index contributed by atoms with van der Waals surface area (Å²) in [5, 5.41) is 4.50. The molecule has 1 aliphatic rings. The van der Waals surface area contributed by atoms with E-state index >= 15 is 0 Å². The number of carbonyl (C=O) groups is 2. The Bertz CT molecular complexity index is 1110. The second kappa shape index (κ2) is 7.44. The zero-order valence-corrected chi connectivity index (χ0v) is 16.9. The highest BCUT2D eigenvalue weighted by Gasteiger charge is 2.42. The smallest absolute Gasteiger partial charge is 0.339 e. The van der Waals surface area contributed by atoms with Gasteiger partial charge in [-0.3, -0.25) is 4.79 Å². The third kappa shape index (κ3) is 3.68. The molecule has 0 fully saturated rings. The van der Waals surface area contributed by atoms with Crippen molar-refractivity contribution >= 4 is 34.4 Å². The fourth-order valence-electron chi connectivity index (χ4n) is 3.69. The monoisotopic (exact) mass is 412 g/mol. The predicted molar refractivity (Wildman–Crippen MR) is 111 cm³/mol. The average molecular weight is 413 g/mol. The van der Waals surface area contributed by atoms with Gasteiger partial charge in [0.25, 0.3) is 5.91 Å². The number of hydrogen-bond acceptors (Lipinski definition) is 4. The topological polar surface area (TPSA) is 80.4 Å². The fourth-order valence-corrected chi connectivity index (χ4v) is 3.88. The largest absolute Gasteiger partial charge is 0.497 e. The van der Waals surface area contributed by atoms with Gasteiger partial charge < -0.3 is 19.8 Å². The van der Waals surface area contributed by atoms with Crippen molar-refractivity contribution in [3.05, 3.63) is 64.3 Å². The lowest BCUT2D eigenvalue weighted by Gasteiger charge is -2.33. The summed E-state index contributed by atoms with van der Waals surface area (Å²) in [6.45, 7) is 2.05. The summed E-state index contributed by atoms with van der Waals surface area (Å²) in [5.41, 5.74) is 1.98. The first kappa shape index (κ1) is 19.3. The molecule has 4 rings (SSSR count). The van der Waals surface area contributed by atoms with Gasteiger partial charge in [-0.05, 0) is 54.8 Å². The minimum atomic E-state index is -1.26. The first-order chi connectivity index (χ1) is 13.9. The normalized spacial score (nSPS) is 18.2. The maximum absolute atomic E-state index is 12.8. The second-order valence-electron chi connectivity index (χ2n) is 7.33. The number of hydrogen-bond donors (Lipinski definition) is 2. The summed E-state index contributed by atoms with van der Waals surface area (Å²) < 4.78 is 10.7. The summed E-state index contributed by atoms with van der Waals surface area (Å²) in [6, 6.07) is 10.8. The van der Waals surface area contributed by atoms with Crippen LogP contribution < -0.4 is 10.1 Å². The number of cyclic esters (lactones) is 1. The lowest BCUT2D eigenvalue weighted by molar-refractivity contribution is -0.139. The number of halogens is 1. The molecule has 2 heterocycles. The van der Waals surface area contributed by atoms with Gasteiger partial charge >= 0.3 is 5.97 Å². The number of carbonyl (C=O) groups excluding carboxylic acids is 2. The lowest BCUT2D eigenvalue weighted by Crippen LogP contribution is -2.52. The molecule has 0 spiro atoms. The van der Waals surface area contributed by atoms with Gasteiger partial charge in [0.1, 0.15) is 5.75 Å². The molecule has 1 unspecified atom stereocenters. The number of amides is 1. The predicted octanol–water partition coefficient (Wildman–Crippen LogP) is 3.66. The Morgan fingerprint density at radius 3 is 2.93 bits per heavy atom. The van der Waals surface area contributed by atoms with E-state index in [1.165, 1.54) is 0 Å². The summed E-state index contributed by atoms with van der Waals surface area (Å²) >= 11 is 6.04. The number of aromatic nitrogens is 1. The maximum atomic E-state index is 12.8. The SMILES string of the molecule is COc1ccc2c(CCNC(=O)C3(C)Cc4cc(Cl)ccc4C(=O)O3)c[nH]c2c1. The molecule has 29 heavy (non-hydrogen) atoms. The van der Waals surface area contributed by atoms with E-state index in [2.05, 4.69) is 10.3 Å². The number of aromatic amines is 1. The van der Waals surface area contributed by atoms with Crippen molar-refractivity contribution in [2.45, 2.75) is 25.4 Å². The second-order valence-corrected chi connectivity index (χ2v) is 7.77. The van der Waals surface area contributed by atoms with Crippen molar-refractivity contribution in [1.29, 1.82) is 0 Å². The van der Waals surface area contributed by atoms with E-state index in [1.807, 2.05) is 24.4 Å². The molecule has 0 saturated carbocycles. The van der Waals surface area contributed by atoms with E-state index < -0.39 is 11.6 Å². The van der Waals surface area contributed by atoms with E-state index in [1.54, 1.807) is 32.2 Å². The molecular weight excluding hydrogens is 392 g/mol. The van der Waals surface area contributed by atoms with Crippen LogP contribution in [0.2, 0.25) is 5.02 Å². The van der Waals surface area contributed by atoms with Gasteiger partial charge in [-0.1, -0.05) is 11.6 Å². The summed E-state index contributed by atoms with van der Waals surface area (Å²) in [7, 11) is 1.63. The molecule has 1 amide bonds. The molecule has 3 aromatic rings. The minimum absolute atomic E-state index is 0.285. The quantitative estimate of drug-likeness (QED) is 0.627. The molecule has 1 aliphatic heterocycles. The third-order valence-corrected chi connectivity index (χ3v) is 5.50. The lowest BCUT2D eigenvalue weighted by atomic mass is 9.89. The Labute approximate surface area is 173 Å². The van der Waals surface area contributed by atoms with Crippen molar-refractivity contribution in [2.24, 2.45) is 0 Å². The summed E-state index contributed by atoms with van der Waals surface area (Å²) in [5.74, 6) is -0.0456. The van der Waals surface area contributed by atoms with E-state index in [4.69, 9.17) is 21.1 Å². The standard InChI is InChI=1S/C22H21ClN2O4/c1-22(11-14-9-15(23)3-5-18(14)20(26)29-22)21(27)24-8-7-13-12-25-19-10-16(28-2)4-6-17(13)19/h3-6,9-10,12,25H,7-8,11H2,1-2H3,(H,24,27). The summed E-state index contributed by atoms with van der Waals surface area (Å²) in [4.78, 5) is 28.3. The van der Waals surface area contributed by atoms with Crippen LogP contribution in [0.15, 0.2) is 42.6 Å². The van der Waals surface area contributed by atoms with Crippen LogP contribution in [0.25, 0.3) is 10.9 Å². The molecule has 1 aromatic heterocycles. The van der Waals surface area contributed by atoms with Crippen molar-refractivity contribution in [3.8, 4) is 5.75 Å². The molecule has 2 N–H and O–H groups in total. The zero-order valence-electron chi connectivity index (χ0n) is 16.2. The van der Waals surface area contributed by atoms with Crippen molar-refractivity contribution in [2.75, 3.05) is 13.7 Å². The van der Waals surface area contributed by atoms with E-state index in [-0.39, 0.29) is 12.3 Å².